The van der Waals surface area contributed by atoms with Crippen molar-refractivity contribution in [1.29, 1.82) is 0 Å². The minimum absolute atomic E-state index is 0.0945. The first kappa shape index (κ1) is 21.0. The summed E-state index contributed by atoms with van der Waals surface area (Å²) in [6, 6.07) is 14.6. The number of amides is 3. The van der Waals surface area contributed by atoms with E-state index in [0.717, 1.165) is 19.3 Å². The van der Waals surface area contributed by atoms with Crippen molar-refractivity contribution in [2.45, 2.75) is 32.2 Å². The Morgan fingerprint density at radius 1 is 1.07 bits per heavy atom. The molecule has 3 N–H and O–H groups in total. The number of carbonyl (C=O) groups excluding carboxylic acids is 3. The van der Waals surface area contributed by atoms with Gasteiger partial charge in [0.25, 0.3) is 5.91 Å². The number of benzene rings is 2. The van der Waals surface area contributed by atoms with E-state index >= 15 is 0 Å². The number of rotatable bonds is 8. The fourth-order valence-corrected chi connectivity index (χ4v) is 2.57. The van der Waals surface area contributed by atoms with Gasteiger partial charge in [-0.05, 0) is 49.1 Å². The Morgan fingerprint density at radius 3 is 2.50 bits per heavy atom. The molecule has 0 bridgehead atoms. The highest BCUT2D eigenvalue weighted by Crippen LogP contribution is 2.18. The van der Waals surface area contributed by atoms with Crippen LogP contribution in [0.1, 0.15) is 30.9 Å². The van der Waals surface area contributed by atoms with Crippen LogP contribution in [0.3, 0.4) is 0 Å². The molecule has 0 saturated heterocycles. The minimum Gasteiger partial charge on any atom is -0.483 e. The molecule has 0 heterocycles. The van der Waals surface area contributed by atoms with Crippen LogP contribution >= 0.6 is 0 Å². The summed E-state index contributed by atoms with van der Waals surface area (Å²) < 4.78 is 5.59. The fraction of sp³-hybridized carbons (Fsp3) is 0.273. The molecule has 2 aromatic carbocycles. The summed E-state index contributed by atoms with van der Waals surface area (Å²) in [5, 5.41) is 9.15. The van der Waals surface area contributed by atoms with Crippen LogP contribution in [0.15, 0.2) is 53.6 Å². The average molecular weight is 408 g/mol. The molecule has 1 saturated carbocycles. The Morgan fingerprint density at radius 2 is 1.80 bits per heavy atom. The average Bonchev–Trinajstić information content (AvgIpc) is 3.57. The molecule has 1 fully saturated rings. The monoisotopic (exact) mass is 408 g/mol. The maximum absolute atomic E-state index is 12.2. The summed E-state index contributed by atoms with van der Waals surface area (Å²) in [6.07, 6.45) is 4.08. The summed E-state index contributed by atoms with van der Waals surface area (Å²) in [6.45, 7) is 1.88. The van der Waals surface area contributed by atoms with Gasteiger partial charge in [0.05, 0.1) is 6.21 Å². The number of hydrogen-bond acceptors (Lipinski definition) is 5. The van der Waals surface area contributed by atoms with Gasteiger partial charge < -0.3 is 15.4 Å². The van der Waals surface area contributed by atoms with Gasteiger partial charge in [-0.3, -0.25) is 14.4 Å². The molecular weight excluding hydrogens is 384 g/mol. The van der Waals surface area contributed by atoms with Crippen molar-refractivity contribution in [2.75, 3.05) is 11.9 Å². The van der Waals surface area contributed by atoms with Gasteiger partial charge in [-0.2, -0.15) is 5.10 Å². The third kappa shape index (κ3) is 6.44. The van der Waals surface area contributed by atoms with Crippen LogP contribution in [0.25, 0.3) is 0 Å². The van der Waals surface area contributed by atoms with E-state index in [0.29, 0.717) is 17.0 Å². The van der Waals surface area contributed by atoms with E-state index in [9.17, 15) is 14.4 Å². The van der Waals surface area contributed by atoms with E-state index in [4.69, 9.17) is 4.74 Å². The number of ether oxygens (including phenoxy) is 1. The van der Waals surface area contributed by atoms with E-state index in [1.165, 1.54) is 11.8 Å². The normalized spacial score (nSPS) is 13.0. The quantitative estimate of drug-likeness (QED) is 0.353. The van der Waals surface area contributed by atoms with Crippen molar-refractivity contribution in [3.63, 3.8) is 0 Å². The lowest BCUT2D eigenvalue weighted by molar-refractivity contribution is -0.139. The van der Waals surface area contributed by atoms with Gasteiger partial charge in [-0.15, -0.1) is 0 Å². The SMILES string of the molecule is CCc1ccc(NC(=O)COc2ccccc2/C=N\NC(=O)C(=O)NC2CC2)cc1. The zero-order chi connectivity index (χ0) is 21.3. The summed E-state index contributed by atoms with van der Waals surface area (Å²) >= 11 is 0. The Kier molecular flexibility index (Phi) is 7.15. The van der Waals surface area contributed by atoms with Crippen LogP contribution in [0, 0.1) is 0 Å². The standard InChI is InChI=1S/C22H24N4O4/c1-2-15-7-9-17(10-8-15)24-20(27)14-30-19-6-4-3-5-16(19)13-23-26-22(29)21(28)25-18-11-12-18/h3-10,13,18H,2,11-12,14H2,1H3,(H,24,27)(H,25,28)(H,26,29)/b23-13-. The van der Waals surface area contributed by atoms with Gasteiger partial charge in [0.15, 0.2) is 6.61 Å². The third-order valence-corrected chi connectivity index (χ3v) is 4.41. The minimum atomic E-state index is -0.829. The molecule has 1 aliphatic rings. The second kappa shape index (κ2) is 10.2. The number of carbonyl (C=O) groups is 3. The van der Waals surface area contributed by atoms with Gasteiger partial charge >= 0.3 is 11.8 Å². The van der Waals surface area contributed by atoms with Crippen LogP contribution in [0.4, 0.5) is 5.69 Å². The highest BCUT2D eigenvalue weighted by molar-refractivity contribution is 6.35. The fourth-order valence-electron chi connectivity index (χ4n) is 2.57. The molecule has 0 unspecified atom stereocenters. The van der Waals surface area contributed by atoms with Crippen molar-refractivity contribution < 1.29 is 19.1 Å². The molecular formula is C22H24N4O4. The van der Waals surface area contributed by atoms with Crippen LogP contribution < -0.4 is 20.8 Å². The van der Waals surface area contributed by atoms with Crippen molar-refractivity contribution in [3.05, 3.63) is 59.7 Å². The van der Waals surface area contributed by atoms with Crippen molar-refractivity contribution in [3.8, 4) is 5.75 Å². The molecule has 0 aliphatic heterocycles. The van der Waals surface area contributed by atoms with Gasteiger partial charge in [0.2, 0.25) is 0 Å². The number of aryl methyl sites for hydroxylation is 1. The number of anilines is 1. The first-order valence-electron chi connectivity index (χ1n) is 9.79. The molecule has 1 aliphatic carbocycles. The number of hydrazone groups is 1. The van der Waals surface area contributed by atoms with Gasteiger partial charge in [0, 0.05) is 17.3 Å². The largest absolute Gasteiger partial charge is 0.483 e. The second-order valence-corrected chi connectivity index (χ2v) is 6.87. The first-order chi connectivity index (χ1) is 14.5. The highest BCUT2D eigenvalue weighted by atomic mass is 16.5. The maximum Gasteiger partial charge on any atom is 0.329 e. The predicted molar refractivity (Wildman–Crippen MR) is 113 cm³/mol. The Bertz CT molecular complexity index is 936. The predicted octanol–water partition coefficient (Wildman–Crippen LogP) is 2.00. The van der Waals surface area contributed by atoms with Gasteiger partial charge in [-0.25, -0.2) is 5.43 Å². The van der Waals surface area contributed by atoms with E-state index in [1.807, 2.05) is 24.3 Å². The number of nitrogens with zero attached hydrogens (tertiary/aromatic N) is 1. The Balaban J connectivity index is 1.50. The van der Waals surface area contributed by atoms with Crippen LogP contribution in [0.5, 0.6) is 5.75 Å². The molecule has 30 heavy (non-hydrogen) atoms. The van der Waals surface area contributed by atoms with Crippen LogP contribution in [-0.2, 0) is 20.8 Å². The summed E-state index contributed by atoms with van der Waals surface area (Å²) in [5.41, 5.74) is 4.62. The van der Waals surface area contributed by atoms with Crippen molar-refractivity contribution >= 4 is 29.6 Å². The van der Waals surface area contributed by atoms with E-state index < -0.39 is 11.8 Å². The van der Waals surface area contributed by atoms with E-state index in [1.54, 1.807) is 24.3 Å². The molecule has 156 valence electrons. The van der Waals surface area contributed by atoms with Crippen molar-refractivity contribution in [1.82, 2.24) is 10.7 Å². The molecule has 3 rings (SSSR count). The van der Waals surface area contributed by atoms with Crippen LogP contribution in [0.2, 0.25) is 0 Å². The van der Waals surface area contributed by atoms with Gasteiger partial charge in [0.1, 0.15) is 5.75 Å². The van der Waals surface area contributed by atoms with Gasteiger partial charge in [-0.1, -0.05) is 31.2 Å². The first-order valence-corrected chi connectivity index (χ1v) is 9.79. The summed E-state index contributed by atoms with van der Waals surface area (Å²) in [4.78, 5) is 35.4. The van der Waals surface area contributed by atoms with E-state index in [-0.39, 0.29) is 18.6 Å². The number of para-hydroxylation sites is 1. The topological polar surface area (TPSA) is 109 Å². The third-order valence-electron chi connectivity index (χ3n) is 4.41. The molecule has 0 spiro atoms. The molecule has 0 radical (unpaired) electrons. The lowest BCUT2D eigenvalue weighted by Gasteiger charge is -2.10. The number of nitrogens with one attached hydrogen (secondary N) is 3. The molecule has 3 amide bonds. The Hall–Kier alpha value is -3.68. The van der Waals surface area contributed by atoms with Crippen LogP contribution in [-0.4, -0.2) is 36.6 Å². The Labute approximate surface area is 174 Å². The molecule has 0 atom stereocenters. The molecule has 0 aromatic heterocycles. The zero-order valence-corrected chi connectivity index (χ0v) is 16.7. The molecule has 8 nitrogen and oxygen atoms in total. The zero-order valence-electron chi connectivity index (χ0n) is 16.7. The number of hydrogen-bond donors (Lipinski definition) is 3. The van der Waals surface area contributed by atoms with Crippen molar-refractivity contribution in [2.24, 2.45) is 5.10 Å². The lowest BCUT2D eigenvalue weighted by atomic mass is 10.1. The summed E-state index contributed by atoms with van der Waals surface area (Å²) in [7, 11) is 0. The lowest BCUT2D eigenvalue weighted by Crippen LogP contribution is -2.38. The maximum atomic E-state index is 12.2. The second-order valence-electron chi connectivity index (χ2n) is 6.87. The smallest absolute Gasteiger partial charge is 0.329 e. The summed E-state index contributed by atoms with van der Waals surface area (Å²) in [5.74, 6) is -1.40. The highest BCUT2D eigenvalue weighted by Gasteiger charge is 2.26. The van der Waals surface area contributed by atoms with E-state index in [2.05, 4.69) is 28.1 Å². The molecule has 8 heteroatoms. The molecule has 2 aromatic rings.